The fourth-order valence-electron chi connectivity index (χ4n) is 3.62. The van der Waals surface area contributed by atoms with E-state index in [1.165, 1.54) is 34.7 Å². The van der Waals surface area contributed by atoms with Crippen molar-refractivity contribution < 1.29 is 14.0 Å². The number of hydrogen-bond acceptors (Lipinski definition) is 3. The van der Waals surface area contributed by atoms with Gasteiger partial charge in [0.25, 0.3) is 11.8 Å². The van der Waals surface area contributed by atoms with Gasteiger partial charge in [0.05, 0.1) is 11.3 Å². The summed E-state index contributed by atoms with van der Waals surface area (Å²) in [5.41, 5.74) is 3.35. The van der Waals surface area contributed by atoms with Crippen LogP contribution in [0.1, 0.15) is 30.9 Å². The zero-order chi connectivity index (χ0) is 21.8. The summed E-state index contributed by atoms with van der Waals surface area (Å²) in [5.74, 6) is -1.20. The maximum Gasteiger partial charge on any atom is 0.282 e. The van der Waals surface area contributed by atoms with E-state index in [4.69, 9.17) is 0 Å². The van der Waals surface area contributed by atoms with Crippen LogP contribution < -0.4 is 10.2 Å². The molecule has 3 aromatic carbocycles. The average Bonchev–Trinajstić information content (AvgIpc) is 3.04. The van der Waals surface area contributed by atoms with Crippen LogP contribution in [0.3, 0.4) is 0 Å². The lowest BCUT2D eigenvalue weighted by atomic mass is 10.0. The minimum atomic E-state index is -0.436. The maximum atomic E-state index is 13.4. The van der Waals surface area contributed by atoms with Gasteiger partial charge in [0.1, 0.15) is 11.5 Å². The summed E-state index contributed by atoms with van der Waals surface area (Å²) >= 11 is 0. The Kier molecular flexibility index (Phi) is 5.94. The second-order valence-electron chi connectivity index (χ2n) is 7.46. The minimum Gasteiger partial charge on any atom is -0.350 e. The Morgan fingerprint density at radius 1 is 0.839 bits per heavy atom. The Morgan fingerprint density at radius 3 is 2.16 bits per heavy atom. The van der Waals surface area contributed by atoms with Gasteiger partial charge in [-0.3, -0.25) is 9.59 Å². The van der Waals surface area contributed by atoms with Gasteiger partial charge in [0, 0.05) is 5.69 Å². The number of anilines is 2. The molecule has 0 radical (unpaired) electrons. The highest BCUT2D eigenvalue weighted by Crippen LogP contribution is 2.33. The Hall–Kier alpha value is -3.73. The smallest absolute Gasteiger partial charge is 0.282 e. The predicted octanol–water partition coefficient (Wildman–Crippen LogP) is 5.56. The number of nitrogens with zero attached hydrogens (tertiary/aromatic N) is 1. The van der Waals surface area contributed by atoms with Crippen LogP contribution in [-0.2, 0) is 16.0 Å². The van der Waals surface area contributed by atoms with Crippen LogP contribution in [0.2, 0.25) is 0 Å². The van der Waals surface area contributed by atoms with E-state index in [0.29, 0.717) is 22.5 Å². The van der Waals surface area contributed by atoms with Crippen molar-refractivity contribution >= 4 is 28.8 Å². The molecule has 0 saturated heterocycles. The van der Waals surface area contributed by atoms with E-state index < -0.39 is 5.91 Å². The number of imide groups is 1. The number of aryl methyl sites for hydroxylation is 1. The van der Waals surface area contributed by atoms with Crippen molar-refractivity contribution in [3.63, 3.8) is 0 Å². The molecule has 0 aromatic heterocycles. The van der Waals surface area contributed by atoms with Crippen LogP contribution in [0, 0.1) is 5.82 Å². The summed E-state index contributed by atoms with van der Waals surface area (Å²) in [6, 6.07) is 22.3. The zero-order valence-electron chi connectivity index (χ0n) is 17.3. The molecule has 31 heavy (non-hydrogen) atoms. The second-order valence-corrected chi connectivity index (χ2v) is 7.46. The molecule has 0 saturated carbocycles. The Morgan fingerprint density at radius 2 is 1.52 bits per heavy atom. The number of carbonyl (C=O) groups is 2. The molecule has 1 heterocycles. The van der Waals surface area contributed by atoms with Crippen molar-refractivity contribution in [2.45, 2.75) is 26.2 Å². The molecule has 156 valence electrons. The van der Waals surface area contributed by atoms with Gasteiger partial charge < -0.3 is 5.32 Å². The molecule has 3 aromatic rings. The molecule has 0 atom stereocenters. The Bertz CT molecular complexity index is 1120. The Balaban J connectivity index is 1.71. The number of amides is 2. The molecule has 0 spiro atoms. The topological polar surface area (TPSA) is 49.4 Å². The first-order valence-electron chi connectivity index (χ1n) is 10.4. The third kappa shape index (κ3) is 4.26. The second kappa shape index (κ2) is 8.96. The minimum absolute atomic E-state index is 0.179. The third-order valence-corrected chi connectivity index (χ3v) is 5.27. The number of hydrogen-bond donors (Lipinski definition) is 1. The molecule has 4 rings (SSSR count). The third-order valence-electron chi connectivity index (χ3n) is 5.27. The van der Waals surface area contributed by atoms with E-state index in [0.717, 1.165) is 19.3 Å². The highest BCUT2D eigenvalue weighted by molar-refractivity contribution is 6.46. The van der Waals surface area contributed by atoms with E-state index >= 15 is 0 Å². The zero-order valence-corrected chi connectivity index (χ0v) is 17.3. The summed E-state index contributed by atoms with van der Waals surface area (Å²) in [7, 11) is 0. The SMILES string of the molecule is CCCCc1ccc(N2C(=O)C(Nc3ccc(F)cc3)=C(c3ccccc3)C2=O)cc1. The summed E-state index contributed by atoms with van der Waals surface area (Å²) in [5, 5.41) is 3.04. The molecule has 2 amide bonds. The van der Waals surface area contributed by atoms with Gasteiger partial charge in [0.15, 0.2) is 0 Å². The standard InChI is InChI=1S/C26H23FN2O2/c1-2-3-7-18-10-16-22(17-11-18)29-25(30)23(19-8-5-4-6-9-19)24(26(29)31)28-21-14-12-20(27)13-15-21/h4-6,8-17,28H,2-3,7H2,1H3. The lowest BCUT2D eigenvalue weighted by Gasteiger charge is -2.16. The molecule has 1 aliphatic heterocycles. The first kappa shape index (κ1) is 20.5. The van der Waals surface area contributed by atoms with Gasteiger partial charge in [-0.25, -0.2) is 9.29 Å². The van der Waals surface area contributed by atoms with Crippen molar-refractivity contribution in [2.75, 3.05) is 10.2 Å². The van der Waals surface area contributed by atoms with Crippen molar-refractivity contribution in [2.24, 2.45) is 0 Å². The van der Waals surface area contributed by atoms with Crippen molar-refractivity contribution in [1.82, 2.24) is 0 Å². The van der Waals surface area contributed by atoms with Crippen LogP contribution >= 0.6 is 0 Å². The number of halogens is 1. The van der Waals surface area contributed by atoms with E-state index in [1.807, 2.05) is 42.5 Å². The highest BCUT2D eigenvalue weighted by Gasteiger charge is 2.40. The fraction of sp³-hybridized carbons (Fsp3) is 0.154. The summed E-state index contributed by atoms with van der Waals surface area (Å²) < 4.78 is 13.3. The summed E-state index contributed by atoms with van der Waals surface area (Å²) in [6.45, 7) is 2.14. The number of benzene rings is 3. The van der Waals surface area contributed by atoms with Crippen LogP contribution in [0.5, 0.6) is 0 Å². The van der Waals surface area contributed by atoms with Crippen LogP contribution in [-0.4, -0.2) is 11.8 Å². The van der Waals surface area contributed by atoms with Gasteiger partial charge >= 0.3 is 0 Å². The molecule has 1 N–H and O–H groups in total. The van der Waals surface area contributed by atoms with Gasteiger partial charge in [-0.05, 0) is 60.4 Å². The van der Waals surface area contributed by atoms with E-state index in [-0.39, 0.29) is 17.4 Å². The lowest BCUT2D eigenvalue weighted by molar-refractivity contribution is -0.120. The van der Waals surface area contributed by atoms with E-state index in [9.17, 15) is 14.0 Å². The molecule has 0 unspecified atom stereocenters. The first-order chi connectivity index (χ1) is 15.1. The van der Waals surface area contributed by atoms with Gasteiger partial charge in [0.2, 0.25) is 0 Å². The van der Waals surface area contributed by atoms with E-state index in [1.54, 1.807) is 12.1 Å². The molecule has 4 nitrogen and oxygen atoms in total. The molecular weight excluding hydrogens is 391 g/mol. The molecular formula is C26H23FN2O2. The van der Waals surface area contributed by atoms with Crippen LogP contribution in [0.25, 0.3) is 5.57 Å². The quantitative estimate of drug-likeness (QED) is 0.515. The Labute approximate surface area is 181 Å². The predicted molar refractivity (Wildman–Crippen MR) is 121 cm³/mol. The summed E-state index contributed by atoms with van der Waals surface area (Å²) in [6.07, 6.45) is 3.16. The molecule has 1 aliphatic rings. The lowest BCUT2D eigenvalue weighted by Crippen LogP contribution is -2.32. The first-order valence-corrected chi connectivity index (χ1v) is 10.4. The van der Waals surface area contributed by atoms with Gasteiger partial charge in [-0.15, -0.1) is 0 Å². The fourth-order valence-corrected chi connectivity index (χ4v) is 3.62. The van der Waals surface area contributed by atoms with Crippen LogP contribution in [0.15, 0.2) is 84.6 Å². The highest BCUT2D eigenvalue weighted by atomic mass is 19.1. The largest absolute Gasteiger partial charge is 0.350 e. The number of nitrogens with one attached hydrogen (secondary N) is 1. The molecule has 0 bridgehead atoms. The van der Waals surface area contributed by atoms with Crippen LogP contribution in [0.4, 0.5) is 15.8 Å². The van der Waals surface area contributed by atoms with E-state index in [2.05, 4.69) is 12.2 Å². The summed E-state index contributed by atoms with van der Waals surface area (Å²) in [4.78, 5) is 27.9. The van der Waals surface area contributed by atoms with Crippen molar-refractivity contribution in [3.05, 3.63) is 102 Å². The molecule has 0 aliphatic carbocycles. The van der Waals surface area contributed by atoms with Gasteiger partial charge in [-0.2, -0.15) is 0 Å². The number of carbonyl (C=O) groups excluding carboxylic acids is 2. The maximum absolute atomic E-state index is 13.4. The average molecular weight is 414 g/mol. The van der Waals surface area contributed by atoms with Gasteiger partial charge in [-0.1, -0.05) is 55.8 Å². The number of unbranched alkanes of at least 4 members (excludes halogenated alkanes) is 1. The molecule has 5 heteroatoms. The van der Waals surface area contributed by atoms with Crippen molar-refractivity contribution in [3.8, 4) is 0 Å². The van der Waals surface area contributed by atoms with Crippen molar-refractivity contribution in [1.29, 1.82) is 0 Å². The monoisotopic (exact) mass is 414 g/mol. The number of rotatable bonds is 7. The molecule has 0 fully saturated rings. The normalized spacial score (nSPS) is 13.8.